The van der Waals surface area contributed by atoms with Gasteiger partial charge in [-0.1, -0.05) is 61.7 Å². The first-order chi connectivity index (χ1) is 15.1. The summed E-state index contributed by atoms with van der Waals surface area (Å²) in [6, 6.07) is 17.3. The van der Waals surface area contributed by atoms with Crippen LogP contribution < -0.4 is 5.32 Å². The average Bonchev–Trinajstić information content (AvgIpc) is 3.41. The lowest BCUT2D eigenvalue weighted by Crippen LogP contribution is -2.32. The van der Waals surface area contributed by atoms with E-state index in [-0.39, 0.29) is 23.8 Å². The Kier molecular flexibility index (Phi) is 6.80. The fraction of sp³-hybridized carbons (Fsp3) is 0.423. The van der Waals surface area contributed by atoms with Gasteiger partial charge >= 0.3 is 0 Å². The van der Waals surface area contributed by atoms with Crippen molar-refractivity contribution in [2.75, 3.05) is 6.54 Å². The van der Waals surface area contributed by atoms with Gasteiger partial charge in [0.15, 0.2) is 0 Å². The number of amides is 3. The van der Waals surface area contributed by atoms with Crippen molar-refractivity contribution < 1.29 is 14.4 Å². The molecule has 1 N–H and O–H groups in total. The zero-order chi connectivity index (χ0) is 21.6. The van der Waals surface area contributed by atoms with Crippen LogP contribution in [-0.2, 0) is 4.79 Å². The van der Waals surface area contributed by atoms with Gasteiger partial charge in [-0.3, -0.25) is 19.3 Å². The number of nitrogens with one attached hydrogen (secondary N) is 1. The molecule has 162 valence electrons. The fourth-order valence-electron chi connectivity index (χ4n) is 4.84. The molecular formula is C26H30N2O3. The SMILES string of the molecule is O=C(CCCCCN1C(=O)c2ccccc2C1=O)NC(c1ccccc1)C1CCCC1. The third-order valence-corrected chi connectivity index (χ3v) is 6.51. The van der Waals surface area contributed by atoms with Gasteiger partial charge in [0.1, 0.15) is 0 Å². The van der Waals surface area contributed by atoms with E-state index < -0.39 is 0 Å². The van der Waals surface area contributed by atoms with E-state index in [0.717, 1.165) is 12.8 Å². The molecule has 2 aliphatic rings. The van der Waals surface area contributed by atoms with E-state index >= 15 is 0 Å². The molecule has 0 spiro atoms. The second-order valence-electron chi connectivity index (χ2n) is 8.62. The molecule has 1 heterocycles. The standard InChI is InChI=1S/C26H30N2O3/c29-23(27-24(20-13-6-7-14-20)19-11-3-1-4-12-19)17-5-2-10-18-28-25(30)21-15-8-9-16-22(21)26(28)31/h1,3-4,8-9,11-12,15-16,20,24H,2,5-7,10,13-14,17-18H2,(H,27,29). The van der Waals surface area contributed by atoms with Crippen LogP contribution in [0, 0.1) is 5.92 Å². The number of imide groups is 1. The van der Waals surface area contributed by atoms with Gasteiger partial charge in [0.25, 0.3) is 11.8 Å². The number of carbonyl (C=O) groups excluding carboxylic acids is 3. The smallest absolute Gasteiger partial charge is 0.261 e. The summed E-state index contributed by atoms with van der Waals surface area (Å²) < 4.78 is 0. The van der Waals surface area contributed by atoms with Crippen LogP contribution in [0.25, 0.3) is 0 Å². The molecule has 1 aliphatic carbocycles. The largest absolute Gasteiger partial charge is 0.349 e. The lowest BCUT2D eigenvalue weighted by Gasteiger charge is -2.25. The van der Waals surface area contributed by atoms with E-state index in [1.165, 1.54) is 36.1 Å². The summed E-state index contributed by atoms with van der Waals surface area (Å²) in [6.45, 7) is 0.405. The molecular weight excluding hydrogens is 388 g/mol. The first-order valence-corrected chi connectivity index (χ1v) is 11.4. The van der Waals surface area contributed by atoms with Crippen molar-refractivity contribution in [3.8, 4) is 0 Å². The van der Waals surface area contributed by atoms with Crippen LogP contribution in [0.3, 0.4) is 0 Å². The summed E-state index contributed by atoms with van der Waals surface area (Å²) in [7, 11) is 0. The second kappa shape index (κ2) is 9.90. The molecule has 1 fully saturated rings. The molecule has 0 bridgehead atoms. The average molecular weight is 419 g/mol. The van der Waals surface area contributed by atoms with Gasteiger partial charge in [0.05, 0.1) is 17.2 Å². The lowest BCUT2D eigenvalue weighted by atomic mass is 9.91. The molecule has 0 radical (unpaired) electrons. The first-order valence-electron chi connectivity index (χ1n) is 11.4. The van der Waals surface area contributed by atoms with Gasteiger partial charge in [-0.2, -0.15) is 0 Å². The molecule has 2 aromatic carbocycles. The molecule has 0 aromatic heterocycles. The number of hydrogen-bond acceptors (Lipinski definition) is 3. The van der Waals surface area contributed by atoms with Crippen LogP contribution in [0.5, 0.6) is 0 Å². The van der Waals surface area contributed by atoms with Crippen molar-refractivity contribution in [2.24, 2.45) is 5.92 Å². The summed E-state index contributed by atoms with van der Waals surface area (Å²) >= 11 is 0. The Balaban J connectivity index is 1.22. The Labute approximate surface area is 183 Å². The first kappa shape index (κ1) is 21.3. The maximum absolute atomic E-state index is 12.6. The normalized spacial score (nSPS) is 17.1. The van der Waals surface area contributed by atoms with Crippen LogP contribution in [-0.4, -0.2) is 29.2 Å². The third-order valence-electron chi connectivity index (χ3n) is 6.51. The number of nitrogens with zero attached hydrogens (tertiary/aromatic N) is 1. The summed E-state index contributed by atoms with van der Waals surface area (Å²) in [6.07, 6.45) is 7.55. The Morgan fingerprint density at radius 1 is 0.871 bits per heavy atom. The maximum atomic E-state index is 12.6. The molecule has 5 heteroatoms. The molecule has 5 nitrogen and oxygen atoms in total. The zero-order valence-corrected chi connectivity index (χ0v) is 17.9. The fourth-order valence-corrected chi connectivity index (χ4v) is 4.84. The van der Waals surface area contributed by atoms with E-state index in [2.05, 4.69) is 17.4 Å². The van der Waals surface area contributed by atoms with Gasteiger partial charge in [-0.15, -0.1) is 0 Å². The number of hydrogen-bond donors (Lipinski definition) is 1. The van der Waals surface area contributed by atoms with Crippen LogP contribution in [0.15, 0.2) is 54.6 Å². The zero-order valence-electron chi connectivity index (χ0n) is 17.9. The minimum atomic E-state index is -0.208. The highest BCUT2D eigenvalue weighted by atomic mass is 16.2. The highest BCUT2D eigenvalue weighted by molar-refractivity contribution is 6.21. The lowest BCUT2D eigenvalue weighted by molar-refractivity contribution is -0.122. The van der Waals surface area contributed by atoms with E-state index in [9.17, 15) is 14.4 Å². The Morgan fingerprint density at radius 2 is 1.48 bits per heavy atom. The predicted octanol–water partition coefficient (Wildman–Crippen LogP) is 4.89. The quantitative estimate of drug-likeness (QED) is 0.466. The minimum Gasteiger partial charge on any atom is -0.349 e. The van der Waals surface area contributed by atoms with E-state index in [1.54, 1.807) is 24.3 Å². The van der Waals surface area contributed by atoms with E-state index in [0.29, 0.717) is 36.4 Å². The highest BCUT2D eigenvalue weighted by Gasteiger charge is 2.34. The predicted molar refractivity (Wildman–Crippen MR) is 120 cm³/mol. The molecule has 31 heavy (non-hydrogen) atoms. The summed E-state index contributed by atoms with van der Waals surface area (Å²) in [4.78, 5) is 38.8. The molecule has 1 atom stereocenters. The van der Waals surface area contributed by atoms with Crippen LogP contribution in [0.2, 0.25) is 0 Å². The molecule has 4 rings (SSSR count). The van der Waals surface area contributed by atoms with Gasteiger partial charge in [-0.25, -0.2) is 0 Å². The van der Waals surface area contributed by atoms with Crippen molar-refractivity contribution in [1.29, 1.82) is 0 Å². The molecule has 2 aromatic rings. The van der Waals surface area contributed by atoms with Crippen LogP contribution in [0.4, 0.5) is 0 Å². The van der Waals surface area contributed by atoms with Crippen molar-refractivity contribution in [3.05, 3.63) is 71.3 Å². The minimum absolute atomic E-state index is 0.0847. The summed E-state index contributed by atoms with van der Waals surface area (Å²) in [5, 5.41) is 3.28. The van der Waals surface area contributed by atoms with Crippen molar-refractivity contribution >= 4 is 17.7 Å². The Hall–Kier alpha value is -2.95. The second-order valence-corrected chi connectivity index (χ2v) is 8.62. The number of benzene rings is 2. The third kappa shape index (κ3) is 4.87. The van der Waals surface area contributed by atoms with Gasteiger partial charge in [0, 0.05) is 13.0 Å². The van der Waals surface area contributed by atoms with Crippen molar-refractivity contribution in [3.63, 3.8) is 0 Å². The summed E-state index contributed by atoms with van der Waals surface area (Å²) in [5.74, 6) is 0.183. The molecule has 1 unspecified atom stereocenters. The molecule has 1 aliphatic heterocycles. The molecule has 1 saturated carbocycles. The van der Waals surface area contributed by atoms with Crippen molar-refractivity contribution in [1.82, 2.24) is 10.2 Å². The summed E-state index contributed by atoms with van der Waals surface area (Å²) in [5.41, 5.74) is 2.17. The number of rotatable bonds is 9. The monoisotopic (exact) mass is 418 g/mol. The van der Waals surface area contributed by atoms with Crippen molar-refractivity contribution in [2.45, 2.75) is 57.4 Å². The topological polar surface area (TPSA) is 66.5 Å². The Morgan fingerprint density at radius 3 is 2.13 bits per heavy atom. The number of fused-ring (bicyclic) bond motifs is 1. The van der Waals surface area contributed by atoms with Gasteiger partial charge in [0.2, 0.25) is 5.91 Å². The molecule has 3 amide bonds. The highest BCUT2D eigenvalue weighted by Crippen LogP contribution is 2.35. The van der Waals surface area contributed by atoms with E-state index in [1.807, 2.05) is 18.2 Å². The number of unbranched alkanes of at least 4 members (excludes halogenated alkanes) is 2. The number of carbonyl (C=O) groups is 3. The maximum Gasteiger partial charge on any atom is 0.261 e. The Bertz CT molecular complexity index is 900. The van der Waals surface area contributed by atoms with Gasteiger partial charge in [-0.05, 0) is 49.3 Å². The van der Waals surface area contributed by atoms with Crippen LogP contribution >= 0.6 is 0 Å². The van der Waals surface area contributed by atoms with Crippen LogP contribution in [0.1, 0.15) is 83.7 Å². The van der Waals surface area contributed by atoms with E-state index in [4.69, 9.17) is 0 Å². The van der Waals surface area contributed by atoms with Gasteiger partial charge < -0.3 is 5.32 Å². The molecule has 0 saturated heterocycles.